The second kappa shape index (κ2) is 45.4. The van der Waals surface area contributed by atoms with Gasteiger partial charge in [0, 0.05) is 0 Å². The molecule has 0 fully saturated rings. The SMILES string of the molecule is CCCCCCCC/C=C/CCCCCCOC(=O)c1ccc(C(=O)OCCCCCC/C=C/CCCCCCCC)c(C(=O)OCCCCCC/C=C/CCCCCCCC)c1. The van der Waals surface area contributed by atoms with E-state index in [4.69, 9.17) is 14.2 Å². The highest BCUT2D eigenvalue weighted by atomic mass is 16.5. The molecule has 0 saturated heterocycles. The lowest BCUT2D eigenvalue weighted by atomic mass is 10.0. The van der Waals surface area contributed by atoms with Crippen molar-refractivity contribution in [3.05, 3.63) is 71.3 Å². The normalized spacial score (nSPS) is 11.7. The second-order valence-electron chi connectivity index (χ2n) is 17.9. The first-order chi connectivity index (χ1) is 31.0. The first-order valence-corrected chi connectivity index (χ1v) is 26.6. The molecule has 0 atom stereocenters. The number of esters is 3. The van der Waals surface area contributed by atoms with Gasteiger partial charge in [0.05, 0.1) is 36.5 Å². The number of carbonyl (C=O) groups excluding carboxylic acids is 3. The molecule has 6 nitrogen and oxygen atoms in total. The summed E-state index contributed by atoms with van der Waals surface area (Å²) in [5.74, 6) is -1.68. The van der Waals surface area contributed by atoms with E-state index in [1.165, 1.54) is 147 Å². The van der Waals surface area contributed by atoms with Gasteiger partial charge in [0.2, 0.25) is 0 Å². The molecule has 6 heteroatoms. The molecule has 0 aliphatic rings. The number of hydrogen-bond donors (Lipinski definition) is 0. The lowest BCUT2D eigenvalue weighted by molar-refractivity contribution is 0.0448. The Bertz CT molecular complexity index is 1310. The topological polar surface area (TPSA) is 78.9 Å². The third kappa shape index (κ3) is 35.8. The maximum Gasteiger partial charge on any atom is 0.339 e. The maximum absolute atomic E-state index is 13.4. The van der Waals surface area contributed by atoms with E-state index < -0.39 is 17.9 Å². The van der Waals surface area contributed by atoms with E-state index in [1.54, 1.807) is 6.07 Å². The molecule has 0 heterocycles. The molecule has 0 unspecified atom stereocenters. The monoisotopic (exact) mass is 877 g/mol. The van der Waals surface area contributed by atoms with Crippen LogP contribution < -0.4 is 0 Å². The summed E-state index contributed by atoms with van der Waals surface area (Å²) in [6.07, 6.45) is 56.5. The third-order valence-electron chi connectivity index (χ3n) is 11.9. The van der Waals surface area contributed by atoms with Gasteiger partial charge in [0.1, 0.15) is 0 Å². The fourth-order valence-corrected chi connectivity index (χ4v) is 7.74. The molecular formula is C57H96O6. The van der Waals surface area contributed by atoms with Crippen LogP contribution in [0.1, 0.15) is 283 Å². The first-order valence-electron chi connectivity index (χ1n) is 26.6. The summed E-state index contributed by atoms with van der Waals surface area (Å²) in [5.41, 5.74) is 0.419. The number of benzene rings is 1. The van der Waals surface area contributed by atoms with Crippen molar-refractivity contribution in [2.24, 2.45) is 0 Å². The Hall–Kier alpha value is -3.15. The Balaban J connectivity index is 2.52. The summed E-state index contributed by atoms with van der Waals surface area (Å²) < 4.78 is 16.9. The van der Waals surface area contributed by atoms with Crippen LogP contribution in [0.3, 0.4) is 0 Å². The zero-order valence-corrected chi connectivity index (χ0v) is 41.2. The van der Waals surface area contributed by atoms with Crippen molar-refractivity contribution in [2.45, 2.75) is 252 Å². The maximum atomic E-state index is 13.4. The lowest BCUT2D eigenvalue weighted by Gasteiger charge is -2.12. The molecule has 0 amide bonds. The van der Waals surface area contributed by atoms with Gasteiger partial charge >= 0.3 is 17.9 Å². The van der Waals surface area contributed by atoms with E-state index in [0.717, 1.165) is 96.3 Å². The minimum absolute atomic E-state index is 0.0576. The number of unbranched alkanes of at least 4 members (excludes halogenated alkanes) is 30. The number of rotatable bonds is 45. The molecule has 63 heavy (non-hydrogen) atoms. The summed E-state index contributed by atoms with van der Waals surface area (Å²) in [5, 5.41) is 0. The van der Waals surface area contributed by atoms with Crippen LogP contribution in [-0.4, -0.2) is 37.7 Å². The molecule has 0 N–H and O–H groups in total. The zero-order valence-electron chi connectivity index (χ0n) is 41.2. The van der Waals surface area contributed by atoms with Crippen LogP contribution in [0.25, 0.3) is 0 Å². The van der Waals surface area contributed by atoms with E-state index in [-0.39, 0.29) is 29.9 Å². The molecule has 0 aliphatic carbocycles. The molecule has 360 valence electrons. The fraction of sp³-hybridized carbons (Fsp3) is 0.737. The highest BCUT2D eigenvalue weighted by Gasteiger charge is 2.22. The third-order valence-corrected chi connectivity index (χ3v) is 11.9. The van der Waals surface area contributed by atoms with Crippen molar-refractivity contribution in [3.63, 3.8) is 0 Å². The Kier molecular flexibility index (Phi) is 41.7. The van der Waals surface area contributed by atoms with Gasteiger partial charge < -0.3 is 14.2 Å². The van der Waals surface area contributed by atoms with Gasteiger partial charge in [-0.2, -0.15) is 0 Å². The highest BCUT2D eigenvalue weighted by Crippen LogP contribution is 2.19. The zero-order chi connectivity index (χ0) is 45.5. The van der Waals surface area contributed by atoms with Gasteiger partial charge in [0.15, 0.2) is 0 Å². The van der Waals surface area contributed by atoms with Gasteiger partial charge in [-0.1, -0.05) is 192 Å². The van der Waals surface area contributed by atoms with Crippen LogP contribution in [0.5, 0.6) is 0 Å². The minimum atomic E-state index is -0.611. The number of ether oxygens (including phenoxy) is 3. The van der Waals surface area contributed by atoms with Crippen LogP contribution in [-0.2, 0) is 14.2 Å². The Morgan fingerprint density at radius 2 is 0.603 bits per heavy atom. The van der Waals surface area contributed by atoms with E-state index in [0.29, 0.717) is 6.61 Å². The Morgan fingerprint density at radius 3 is 0.937 bits per heavy atom. The fourth-order valence-electron chi connectivity index (χ4n) is 7.74. The van der Waals surface area contributed by atoms with Crippen molar-refractivity contribution >= 4 is 17.9 Å². The molecule has 0 aromatic heterocycles. The van der Waals surface area contributed by atoms with Gasteiger partial charge in [-0.3, -0.25) is 0 Å². The van der Waals surface area contributed by atoms with E-state index in [9.17, 15) is 14.4 Å². The molecule has 1 aromatic carbocycles. The van der Waals surface area contributed by atoms with Gasteiger partial charge in [-0.15, -0.1) is 0 Å². The van der Waals surface area contributed by atoms with Gasteiger partial charge in [-0.25, -0.2) is 14.4 Å². The van der Waals surface area contributed by atoms with Crippen molar-refractivity contribution < 1.29 is 28.6 Å². The summed E-state index contributed by atoms with van der Waals surface area (Å²) in [7, 11) is 0. The van der Waals surface area contributed by atoms with Crippen LogP contribution >= 0.6 is 0 Å². The molecule has 0 aliphatic heterocycles. The molecular weight excluding hydrogens is 781 g/mol. The molecule has 1 rings (SSSR count). The number of allylic oxidation sites excluding steroid dienone is 6. The minimum Gasteiger partial charge on any atom is -0.462 e. The second-order valence-corrected chi connectivity index (χ2v) is 17.9. The number of carbonyl (C=O) groups is 3. The molecule has 1 aromatic rings. The molecule has 0 saturated carbocycles. The quantitative estimate of drug-likeness (QED) is 0.0281. The van der Waals surface area contributed by atoms with E-state index >= 15 is 0 Å². The highest BCUT2D eigenvalue weighted by molar-refractivity contribution is 6.05. The number of hydrogen-bond acceptors (Lipinski definition) is 6. The van der Waals surface area contributed by atoms with Crippen LogP contribution in [0, 0.1) is 0 Å². The predicted octanol–water partition coefficient (Wildman–Crippen LogP) is 17.9. The molecule has 0 spiro atoms. The largest absolute Gasteiger partial charge is 0.462 e. The van der Waals surface area contributed by atoms with Crippen molar-refractivity contribution in [1.82, 2.24) is 0 Å². The molecule has 0 radical (unpaired) electrons. The van der Waals surface area contributed by atoms with Crippen LogP contribution in [0.4, 0.5) is 0 Å². The standard InChI is InChI=1S/C57H96O6/c1-4-7-10-13-16-19-22-25-28-31-34-37-40-43-48-61-55(58)52-46-47-53(56(59)62-49-44-41-38-35-32-29-26-23-20-17-14-11-8-5-2)54(51-52)57(60)63-50-45-42-39-36-33-30-27-24-21-18-15-12-9-6-3/h25-30,46-47,51H,4-24,31-45,48-50H2,1-3H3/b28-25+,29-26+,30-27+. The summed E-state index contributed by atoms with van der Waals surface area (Å²) in [6, 6.07) is 4.50. The van der Waals surface area contributed by atoms with Crippen LogP contribution in [0.15, 0.2) is 54.7 Å². The Morgan fingerprint density at radius 1 is 0.333 bits per heavy atom. The van der Waals surface area contributed by atoms with E-state index in [2.05, 4.69) is 57.2 Å². The lowest BCUT2D eigenvalue weighted by Crippen LogP contribution is -2.17. The van der Waals surface area contributed by atoms with Crippen molar-refractivity contribution in [3.8, 4) is 0 Å². The molecule has 0 bridgehead atoms. The summed E-state index contributed by atoms with van der Waals surface area (Å²) >= 11 is 0. The van der Waals surface area contributed by atoms with Gasteiger partial charge in [-0.05, 0) is 115 Å². The van der Waals surface area contributed by atoms with Crippen molar-refractivity contribution in [2.75, 3.05) is 19.8 Å². The van der Waals surface area contributed by atoms with Crippen molar-refractivity contribution in [1.29, 1.82) is 0 Å². The predicted molar refractivity (Wildman–Crippen MR) is 268 cm³/mol. The summed E-state index contributed by atoms with van der Waals surface area (Å²) in [4.78, 5) is 39.7. The Labute approximate surface area is 388 Å². The van der Waals surface area contributed by atoms with Crippen LogP contribution in [0.2, 0.25) is 0 Å². The first kappa shape index (κ1) is 57.9. The summed E-state index contributed by atoms with van der Waals surface area (Å²) in [6.45, 7) is 7.64. The van der Waals surface area contributed by atoms with E-state index in [1.807, 2.05) is 0 Å². The van der Waals surface area contributed by atoms with Gasteiger partial charge in [0.25, 0.3) is 0 Å². The average Bonchev–Trinajstić information content (AvgIpc) is 3.29. The average molecular weight is 877 g/mol. The smallest absolute Gasteiger partial charge is 0.339 e.